The van der Waals surface area contributed by atoms with E-state index in [0.717, 1.165) is 30.6 Å². The Morgan fingerprint density at radius 1 is 1.44 bits per heavy atom. The minimum Gasteiger partial charge on any atom is -0.396 e. The van der Waals surface area contributed by atoms with Crippen molar-refractivity contribution in [3.05, 3.63) is 22.4 Å². The van der Waals surface area contributed by atoms with E-state index in [1.54, 1.807) is 11.3 Å². The van der Waals surface area contributed by atoms with Crippen LogP contribution in [-0.4, -0.2) is 35.6 Å². The van der Waals surface area contributed by atoms with Crippen LogP contribution in [0.3, 0.4) is 0 Å². The maximum atomic E-state index is 12.1. The summed E-state index contributed by atoms with van der Waals surface area (Å²) in [5, 5.41) is 11.1. The second-order valence-corrected chi connectivity index (χ2v) is 6.15. The molecule has 1 aromatic heterocycles. The van der Waals surface area contributed by atoms with Gasteiger partial charge in [0.25, 0.3) is 0 Å². The topological polar surface area (TPSA) is 40.5 Å². The number of thiophene rings is 1. The molecule has 1 saturated carbocycles. The average Bonchev–Trinajstić information content (AvgIpc) is 2.91. The van der Waals surface area contributed by atoms with Crippen molar-refractivity contribution in [2.24, 2.45) is 5.92 Å². The maximum absolute atomic E-state index is 12.1. The predicted molar refractivity (Wildman–Crippen MR) is 73.6 cm³/mol. The van der Waals surface area contributed by atoms with Crippen LogP contribution in [0, 0.1) is 5.92 Å². The number of rotatable bonds is 4. The molecule has 1 amide bonds. The van der Waals surface area contributed by atoms with E-state index in [1.807, 2.05) is 29.5 Å². The van der Waals surface area contributed by atoms with Crippen LogP contribution in [0.5, 0.6) is 0 Å². The van der Waals surface area contributed by atoms with E-state index in [0.29, 0.717) is 25.0 Å². The maximum Gasteiger partial charge on any atom is 0.227 e. The SMILES string of the molecule is CN(C(=O)Cc1cccs1)C1CCC(CO)CC1. The number of amides is 1. The smallest absolute Gasteiger partial charge is 0.227 e. The predicted octanol–water partition coefficient (Wildman–Crippen LogP) is 2.30. The molecule has 0 bridgehead atoms. The van der Waals surface area contributed by atoms with Gasteiger partial charge < -0.3 is 10.0 Å². The van der Waals surface area contributed by atoms with Crippen LogP contribution in [0.4, 0.5) is 0 Å². The normalized spacial score (nSPS) is 23.9. The minimum atomic E-state index is 0.213. The third-order valence-electron chi connectivity index (χ3n) is 3.92. The first-order valence-electron chi connectivity index (χ1n) is 6.59. The largest absolute Gasteiger partial charge is 0.396 e. The van der Waals surface area contributed by atoms with Crippen molar-refractivity contribution in [1.29, 1.82) is 0 Å². The van der Waals surface area contributed by atoms with E-state index in [4.69, 9.17) is 5.11 Å². The number of carbonyl (C=O) groups is 1. The Labute approximate surface area is 112 Å². The van der Waals surface area contributed by atoms with Crippen molar-refractivity contribution < 1.29 is 9.90 Å². The fourth-order valence-electron chi connectivity index (χ4n) is 2.61. The lowest BCUT2D eigenvalue weighted by Crippen LogP contribution is -2.40. The minimum absolute atomic E-state index is 0.213. The molecule has 0 aliphatic heterocycles. The second kappa shape index (κ2) is 6.34. The Kier molecular flexibility index (Phi) is 4.78. The summed E-state index contributed by atoms with van der Waals surface area (Å²) in [6.07, 6.45) is 4.65. The van der Waals surface area contributed by atoms with Gasteiger partial charge in [-0.25, -0.2) is 0 Å². The molecule has 0 spiro atoms. The highest BCUT2D eigenvalue weighted by Gasteiger charge is 2.26. The third kappa shape index (κ3) is 3.33. The first-order valence-corrected chi connectivity index (χ1v) is 7.47. The highest BCUT2D eigenvalue weighted by molar-refractivity contribution is 7.10. The quantitative estimate of drug-likeness (QED) is 0.909. The Balaban J connectivity index is 1.83. The van der Waals surface area contributed by atoms with Crippen molar-refractivity contribution in [3.8, 4) is 0 Å². The zero-order valence-corrected chi connectivity index (χ0v) is 11.7. The molecule has 1 N–H and O–H groups in total. The van der Waals surface area contributed by atoms with E-state index in [1.165, 1.54) is 0 Å². The van der Waals surface area contributed by atoms with Gasteiger partial charge in [-0.05, 0) is 43.0 Å². The van der Waals surface area contributed by atoms with Crippen molar-refractivity contribution >= 4 is 17.2 Å². The Bertz CT molecular complexity index is 369. The molecule has 0 radical (unpaired) electrons. The van der Waals surface area contributed by atoms with Crippen molar-refractivity contribution in [1.82, 2.24) is 4.90 Å². The third-order valence-corrected chi connectivity index (χ3v) is 4.80. The van der Waals surface area contributed by atoms with Gasteiger partial charge in [0.15, 0.2) is 0 Å². The van der Waals surface area contributed by atoms with Gasteiger partial charge in [-0.1, -0.05) is 6.07 Å². The van der Waals surface area contributed by atoms with Crippen molar-refractivity contribution in [2.75, 3.05) is 13.7 Å². The van der Waals surface area contributed by atoms with Crippen molar-refractivity contribution in [2.45, 2.75) is 38.1 Å². The molecule has 0 unspecified atom stereocenters. The van der Waals surface area contributed by atoms with Gasteiger partial charge in [0.2, 0.25) is 5.91 Å². The van der Waals surface area contributed by atoms with E-state index >= 15 is 0 Å². The molecular weight excluding hydrogens is 246 g/mol. The lowest BCUT2D eigenvalue weighted by atomic mass is 9.86. The van der Waals surface area contributed by atoms with E-state index in [9.17, 15) is 4.79 Å². The lowest BCUT2D eigenvalue weighted by molar-refractivity contribution is -0.132. The molecule has 2 rings (SSSR count). The van der Waals surface area contributed by atoms with Crippen LogP contribution < -0.4 is 0 Å². The van der Waals surface area contributed by atoms with Crippen LogP contribution in [-0.2, 0) is 11.2 Å². The molecular formula is C14H21NO2S. The first kappa shape index (κ1) is 13.6. The molecule has 1 fully saturated rings. The van der Waals surface area contributed by atoms with Gasteiger partial charge in [-0.3, -0.25) is 4.79 Å². The van der Waals surface area contributed by atoms with E-state index in [-0.39, 0.29) is 5.91 Å². The molecule has 3 nitrogen and oxygen atoms in total. The lowest BCUT2D eigenvalue weighted by Gasteiger charge is -2.34. The number of carbonyl (C=O) groups excluding carboxylic acids is 1. The fraction of sp³-hybridized carbons (Fsp3) is 0.643. The Morgan fingerprint density at radius 2 is 2.17 bits per heavy atom. The van der Waals surface area contributed by atoms with Crippen LogP contribution in [0.1, 0.15) is 30.6 Å². The molecule has 1 aromatic rings. The molecule has 0 aromatic carbocycles. The van der Waals surface area contributed by atoms with Crippen LogP contribution in [0.25, 0.3) is 0 Å². The molecule has 1 aliphatic rings. The Morgan fingerprint density at radius 3 is 2.72 bits per heavy atom. The van der Waals surface area contributed by atoms with E-state index in [2.05, 4.69) is 0 Å². The molecule has 100 valence electrons. The van der Waals surface area contributed by atoms with Gasteiger partial charge >= 0.3 is 0 Å². The molecule has 18 heavy (non-hydrogen) atoms. The monoisotopic (exact) mass is 267 g/mol. The highest BCUT2D eigenvalue weighted by Crippen LogP contribution is 2.27. The van der Waals surface area contributed by atoms with Gasteiger partial charge in [0, 0.05) is 24.6 Å². The molecule has 4 heteroatoms. The van der Waals surface area contributed by atoms with Gasteiger partial charge in [0.05, 0.1) is 6.42 Å². The van der Waals surface area contributed by atoms with Crippen molar-refractivity contribution in [3.63, 3.8) is 0 Å². The number of nitrogens with zero attached hydrogens (tertiary/aromatic N) is 1. The summed E-state index contributed by atoms with van der Waals surface area (Å²) in [7, 11) is 1.92. The van der Waals surface area contributed by atoms with Crippen LogP contribution >= 0.6 is 11.3 Å². The Hall–Kier alpha value is -0.870. The number of likely N-dealkylation sites (N-methyl/N-ethyl adjacent to an activating group) is 1. The number of aliphatic hydroxyl groups excluding tert-OH is 1. The van der Waals surface area contributed by atoms with Gasteiger partial charge in [-0.2, -0.15) is 0 Å². The summed E-state index contributed by atoms with van der Waals surface area (Å²) in [6.45, 7) is 0.291. The fourth-order valence-corrected chi connectivity index (χ4v) is 3.30. The summed E-state index contributed by atoms with van der Waals surface area (Å²) in [6, 6.07) is 4.36. The molecule has 0 saturated heterocycles. The standard InChI is InChI=1S/C14H21NO2S/c1-15(12-6-4-11(10-16)5-7-12)14(17)9-13-3-2-8-18-13/h2-3,8,11-12,16H,4-7,9-10H2,1H3. The van der Waals surface area contributed by atoms with Gasteiger partial charge in [-0.15, -0.1) is 11.3 Å². The summed E-state index contributed by atoms with van der Waals surface area (Å²) < 4.78 is 0. The summed E-state index contributed by atoms with van der Waals surface area (Å²) in [5.74, 6) is 0.659. The van der Waals surface area contributed by atoms with E-state index < -0.39 is 0 Å². The van der Waals surface area contributed by atoms with Gasteiger partial charge in [0.1, 0.15) is 0 Å². The number of hydrogen-bond acceptors (Lipinski definition) is 3. The zero-order valence-electron chi connectivity index (χ0n) is 10.8. The molecule has 1 heterocycles. The number of aliphatic hydroxyl groups is 1. The zero-order chi connectivity index (χ0) is 13.0. The number of hydrogen-bond donors (Lipinski definition) is 1. The second-order valence-electron chi connectivity index (χ2n) is 5.12. The molecule has 1 aliphatic carbocycles. The molecule has 0 atom stereocenters. The first-order chi connectivity index (χ1) is 8.70. The average molecular weight is 267 g/mol. The summed E-state index contributed by atoms with van der Waals surface area (Å²) in [5.41, 5.74) is 0. The highest BCUT2D eigenvalue weighted by atomic mass is 32.1. The summed E-state index contributed by atoms with van der Waals surface area (Å²) >= 11 is 1.64. The van der Waals surface area contributed by atoms with Crippen LogP contribution in [0.2, 0.25) is 0 Å². The van der Waals surface area contributed by atoms with Crippen LogP contribution in [0.15, 0.2) is 17.5 Å². The summed E-state index contributed by atoms with van der Waals surface area (Å²) in [4.78, 5) is 15.2.